The molecule has 0 N–H and O–H groups in total. The molecule has 2 aliphatic carbocycles. The zero-order valence-corrected chi connectivity index (χ0v) is 8.68. The molecule has 0 saturated heterocycles. The second-order valence-electron chi connectivity index (χ2n) is 4.70. The molecule has 2 aliphatic rings. The third-order valence-corrected chi connectivity index (χ3v) is 3.83. The van der Waals surface area contributed by atoms with E-state index in [-0.39, 0.29) is 11.6 Å². The summed E-state index contributed by atoms with van der Waals surface area (Å²) in [6.45, 7) is 0. The first-order valence-corrected chi connectivity index (χ1v) is 5.82. The minimum absolute atomic E-state index is 0.246. The molecule has 2 rings (SSSR count). The van der Waals surface area contributed by atoms with Gasteiger partial charge in [0.25, 0.3) is 0 Å². The summed E-state index contributed by atoms with van der Waals surface area (Å²) in [6.07, 6.45) is 8.21. The van der Waals surface area contributed by atoms with Gasteiger partial charge in [-0.2, -0.15) is 0 Å². The van der Waals surface area contributed by atoms with Crippen molar-refractivity contribution in [3.05, 3.63) is 0 Å². The first kappa shape index (κ1) is 9.88. The highest BCUT2D eigenvalue weighted by atomic mass is 16.2. The smallest absolute Gasteiger partial charge is 0.146 e. The van der Waals surface area contributed by atoms with E-state index in [1.165, 1.54) is 0 Å². The van der Waals surface area contributed by atoms with E-state index in [9.17, 15) is 9.59 Å². The fraction of sp³-hybridized carbons (Fsp3) is 0.833. The van der Waals surface area contributed by atoms with E-state index in [1.54, 1.807) is 0 Å². The Bertz CT molecular complexity index is 257. The van der Waals surface area contributed by atoms with Gasteiger partial charge in [0.15, 0.2) is 0 Å². The molecule has 1 spiro atoms. The van der Waals surface area contributed by atoms with Crippen molar-refractivity contribution in [2.75, 3.05) is 0 Å². The third kappa shape index (κ3) is 1.51. The van der Waals surface area contributed by atoms with Crippen LogP contribution in [0.25, 0.3) is 0 Å². The predicted octanol–water partition coefficient (Wildman–Crippen LogP) is 2.65. The van der Waals surface area contributed by atoms with Crippen LogP contribution in [-0.4, -0.2) is 11.6 Å². The summed E-state index contributed by atoms with van der Waals surface area (Å²) in [5.41, 5.74) is -0.519. The van der Waals surface area contributed by atoms with E-state index in [4.69, 9.17) is 0 Å². The van der Waals surface area contributed by atoms with Crippen LogP contribution in [0.2, 0.25) is 0 Å². The molecule has 2 nitrogen and oxygen atoms in total. The molecule has 0 radical (unpaired) electrons. The number of ketones is 2. The first-order chi connectivity index (χ1) is 6.76. The van der Waals surface area contributed by atoms with Gasteiger partial charge in [-0.05, 0) is 25.7 Å². The van der Waals surface area contributed by atoms with Crippen LogP contribution in [0.5, 0.6) is 0 Å². The first-order valence-electron chi connectivity index (χ1n) is 5.82. The maximum Gasteiger partial charge on any atom is 0.146 e. The Kier molecular flexibility index (Phi) is 2.71. The molecule has 1 atom stereocenters. The van der Waals surface area contributed by atoms with Crippen molar-refractivity contribution in [2.45, 2.75) is 57.8 Å². The Morgan fingerprint density at radius 1 is 0.714 bits per heavy atom. The molecule has 0 heterocycles. The number of rotatable bonds is 0. The van der Waals surface area contributed by atoms with Crippen LogP contribution >= 0.6 is 0 Å². The van der Waals surface area contributed by atoms with E-state index in [2.05, 4.69) is 0 Å². The highest BCUT2D eigenvalue weighted by Crippen LogP contribution is 2.41. The summed E-state index contributed by atoms with van der Waals surface area (Å²) < 4.78 is 0. The highest BCUT2D eigenvalue weighted by molar-refractivity contribution is 6.07. The number of Topliss-reactive ketones (excluding diaryl/α,β-unsaturated/α-hetero) is 2. The van der Waals surface area contributed by atoms with Crippen LogP contribution < -0.4 is 0 Å². The monoisotopic (exact) mass is 194 g/mol. The van der Waals surface area contributed by atoms with Gasteiger partial charge in [0.1, 0.15) is 11.6 Å². The fourth-order valence-electron chi connectivity index (χ4n) is 2.92. The Labute approximate surface area is 85.1 Å². The van der Waals surface area contributed by atoms with Gasteiger partial charge < -0.3 is 0 Å². The van der Waals surface area contributed by atoms with Gasteiger partial charge in [-0.15, -0.1) is 0 Å². The van der Waals surface area contributed by atoms with Crippen LogP contribution in [0.3, 0.4) is 0 Å². The Morgan fingerprint density at radius 2 is 1.21 bits per heavy atom. The topological polar surface area (TPSA) is 34.1 Å². The van der Waals surface area contributed by atoms with Gasteiger partial charge in [0, 0.05) is 12.8 Å². The van der Waals surface area contributed by atoms with Gasteiger partial charge in [0.05, 0.1) is 5.41 Å². The highest BCUT2D eigenvalue weighted by Gasteiger charge is 2.45. The van der Waals surface area contributed by atoms with Gasteiger partial charge in [-0.1, -0.05) is 19.3 Å². The molecular formula is C12H18O2. The van der Waals surface area contributed by atoms with Crippen molar-refractivity contribution in [1.82, 2.24) is 0 Å². The number of hydrogen-bond donors (Lipinski definition) is 0. The minimum atomic E-state index is -0.519. The van der Waals surface area contributed by atoms with Crippen LogP contribution in [0, 0.1) is 5.41 Å². The lowest BCUT2D eigenvalue weighted by Crippen LogP contribution is -2.40. The van der Waals surface area contributed by atoms with Crippen LogP contribution in [-0.2, 0) is 9.59 Å². The molecule has 2 heteroatoms. The third-order valence-electron chi connectivity index (χ3n) is 3.83. The summed E-state index contributed by atoms with van der Waals surface area (Å²) >= 11 is 0. The predicted molar refractivity (Wildman–Crippen MR) is 54.0 cm³/mol. The average molecular weight is 194 g/mol. The molecule has 78 valence electrons. The summed E-state index contributed by atoms with van der Waals surface area (Å²) in [6, 6.07) is 0. The van der Waals surface area contributed by atoms with Crippen LogP contribution in [0.15, 0.2) is 0 Å². The summed E-state index contributed by atoms with van der Waals surface area (Å²) in [7, 11) is 0. The largest absolute Gasteiger partial charge is 0.299 e. The summed E-state index contributed by atoms with van der Waals surface area (Å²) in [5.74, 6) is 0.496. The van der Waals surface area contributed by atoms with Crippen molar-refractivity contribution < 1.29 is 9.59 Å². The lowest BCUT2D eigenvalue weighted by molar-refractivity contribution is -0.143. The molecule has 0 amide bonds. The molecule has 2 fully saturated rings. The van der Waals surface area contributed by atoms with Gasteiger partial charge >= 0.3 is 0 Å². The van der Waals surface area contributed by atoms with Gasteiger partial charge in [-0.25, -0.2) is 0 Å². The summed E-state index contributed by atoms with van der Waals surface area (Å²) in [4.78, 5) is 23.9. The Hall–Kier alpha value is -0.660. The van der Waals surface area contributed by atoms with Crippen molar-refractivity contribution in [3.63, 3.8) is 0 Å². The van der Waals surface area contributed by atoms with E-state index in [1.807, 2.05) is 0 Å². The van der Waals surface area contributed by atoms with Crippen molar-refractivity contribution in [1.29, 1.82) is 0 Å². The molecular weight excluding hydrogens is 176 g/mol. The number of carbonyl (C=O) groups is 2. The second kappa shape index (κ2) is 3.84. The minimum Gasteiger partial charge on any atom is -0.299 e. The maximum atomic E-state index is 12.0. The lowest BCUT2D eigenvalue weighted by Gasteiger charge is -2.33. The average Bonchev–Trinajstić information content (AvgIpc) is 2.36. The Morgan fingerprint density at radius 3 is 1.86 bits per heavy atom. The maximum absolute atomic E-state index is 12.0. The van der Waals surface area contributed by atoms with E-state index in [0.717, 1.165) is 44.9 Å². The van der Waals surface area contributed by atoms with E-state index >= 15 is 0 Å². The molecule has 0 aromatic carbocycles. The standard InChI is InChI=1S/C12H18O2/c13-10-6-2-1-4-8-12(10)9-5-3-7-11(12)14/h1-9H2. The molecule has 0 aromatic rings. The molecule has 1 unspecified atom stereocenters. The fourth-order valence-corrected chi connectivity index (χ4v) is 2.92. The quantitative estimate of drug-likeness (QED) is 0.555. The summed E-state index contributed by atoms with van der Waals surface area (Å²) in [5, 5.41) is 0. The SMILES string of the molecule is O=C1CCCCCC12CCCCC2=O. The normalized spacial score (nSPS) is 34.6. The zero-order chi connectivity index (χ0) is 10.0. The molecule has 0 aromatic heterocycles. The molecule has 0 aliphatic heterocycles. The van der Waals surface area contributed by atoms with Crippen LogP contribution in [0.1, 0.15) is 57.8 Å². The molecule has 2 saturated carbocycles. The van der Waals surface area contributed by atoms with Gasteiger partial charge in [0.2, 0.25) is 0 Å². The zero-order valence-electron chi connectivity index (χ0n) is 8.68. The van der Waals surface area contributed by atoms with Gasteiger partial charge in [-0.3, -0.25) is 9.59 Å². The number of carbonyl (C=O) groups excluding carboxylic acids is 2. The van der Waals surface area contributed by atoms with Crippen molar-refractivity contribution in [2.24, 2.45) is 5.41 Å². The van der Waals surface area contributed by atoms with Crippen LogP contribution in [0.4, 0.5) is 0 Å². The lowest BCUT2D eigenvalue weighted by atomic mass is 9.67. The van der Waals surface area contributed by atoms with E-state index < -0.39 is 5.41 Å². The molecule has 0 bridgehead atoms. The van der Waals surface area contributed by atoms with E-state index in [0.29, 0.717) is 12.8 Å². The van der Waals surface area contributed by atoms with Crippen molar-refractivity contribution in [3.8, 4) is 0 Å². The Balaban J connectivity index is 2.24. The second-order valence-corrected chi connectivity index (χ2v) is 4.70. The molecule has 14 heavy (non-hydrogen) atoms. The van der Waals surface area contributed by atoms with Crippen molar-refractivity contribution >= 4 is 11.6 Å². The number of hydrogen-bond acceptors (Lipinski definition) is 2.